The first-order valence-corrected chi connectivity index (χ1v) is 7.07. The van der Waals surface area contributed by atoms with Crippen LogP contribution in [0.5, 0.6) is 0 Å². The van der Waals surface area contributed by atoms with Crippen molar-refractivity contribution in [2.75, 3.05) is 19.7 Å². The average molecular weight is 247 g/mol. The molecule has 0 unspecified atom stereocenters. The number of aliphatic hydroxyl groups is 1. The van der Waals surface area contributed by atoms with Gasteiger partial charge in [0.15, 0.2) is 0 Å². The summed E-state index contributed by atoms with van der Waals surface area (Å²) in [5.41, 5.74) is 4.42. The van der Waals surface area contributed by atoms with Gasteiger partial charge in [0.2, 0.25) is 0 Å². The molecule has 1 aliphatic heterocycles. The molecule has 1 aliphatic rings. The Morgan fingerprint density at radius 2 is 2.11 bits per heavy atom. The van der Waals surface area contributed by atoms with Crippen LogP contribution in [-0.2, 0) is 5.41 Å². The third-order valence-corrected chi connectivity index (χ3v) is 4.40. The Labute approximate surface area is 110 Å². The molecule has 1 saturated heterocycles. The molecule has 1 atom stereocenters. The van der Waals surface area contributed by atoms with E-state index in [0.717, 1.165) is 25.9 Å². The van der Waals surface area contributed by atoms with E-state index in [1.807, 2.05) is 0 Å². The standard InChI is InChI=1S/C16H25NO/c1-13-5-6-15(11-14(13)2)16(8-4-10-18)7-3-9-17-12-16/h5-6,11,17-18H,3-4,7-10,12H2,1-2H3/t16-/m1/s1. The average Bonchev–Trinajstić information content (AvgIpc) is 2.40. The van der Waals surface area contributed by atoms with Crippen LogP contribution in [0.1, 0.15) is 42.4 Å². The molecule has 100 valence electrons. The highest BCUT2D eigenvalue weighted by molar-refractivity contribution is 5.35. The normalized spacial score (nSPS) is 24.2. The zero-order valence-electron chi connectivity index (χ0n) is 11.6. The zero-order chi connectivity index (χ0) is 13.0. The third-order valence-electron chi connectivity index (χ3n) is 4.40. The van der Waals surface area contributed by atoms with Crippen LogP contribution < -0.4 is 5.32 Å². The monoisotopic (exact) mass is 247 g/mol. The minimum absolute atomic E-state index is 0.236. The summed E-state index contributed by atoms with van der Waals surface area (Å²) >= 11 is 0. The van der Waals surface area contributed by atoms with Crippen molar-refractivity contribution >= 4 is 0 Å². The van der Waals surface area contributed by atoms with E-state index < -0.39 is 0 Å². The second kappa shape index (κ2) is 5.85. The topological polar surface area (TPSA) is 32.3 Å². The summed E-state index contributed by atoms with van der Waals surface area (Å²) in [6, 6.07) is 6.87. The van der Waals surface area contributed by atoms with Gasteiger partial charge >= 0.3 is 0 Å². The van der Waals surface area contributed by atoms with E-state index >= 15 is 0 Å². The SMILES string of the molecule is Cc1ccc([C@@]2(CCCO)CCCNC2)cc1C. The number of benzene rings is 1. The first kappa shape index (κ1) is 13.6. The minimum Gasteiger partial charge on any atom is -0.396 e. The van der Waals surface area contributed by atoms with Crippen molar-refractivity contribution in [2.24, 2.45) is 0 Å². The number of aliphatic hydroxyl groups excluding tert-OH is 1. The summed E-state index contributed by atoms with van der Waals surface area (Å²) in [4.78, 5) is 0. The van der Waals surface area contributed by atoms with Crippen LogP contribution in [0.25, 0.3) is 0 Å². The van der Waals surface area contributed by atoms with E-state index in [1.165, 1.54) is 29.5 Å². The van der Waals surface area contributed by atoms with Crippen molar-refractivity contribution in [2.45, 2.75) is 44.9 Å². The lowest BCUT2D eigenvalue weighted by molar-refractivity contribution is 0.234. The predicted molar refractivity (Wildman–Crippen MR) is 76.0 cm³/mol. The molecule has 1 aromatic carbocycles. The number of hydrogen-bond acceptors (Lipinski definition) is 2. The van der Waals surface area contributed by atoms with Crippen molar-refractivity contribution in [3.05, 3.63) is 34.9 Å². The Balaban J connectivity index is 2.29. The minimum atomic E-state index is 0.236. The molecule has 2 nitrogen and oxygen atoms in total. The van der Waals surface area contributed by atoms with Gasteiger partial charge in [-0.3, -0.25) is 0 Å². The van der Waals surface area contributed by atoms with E-state index in [4.69, 9.17) is 5.11 Å². The van der Waals surface area contributed by atoms with Gasteiger partial charge in [0, 0.05) is 18.6 Å². The van der Waals surface area contributed by atoms with Crippen LogP contribution in [0, 0.1) is 13.8 Å². The van der Waals surface area contributed by atoms with E-state index in [-0.39, 0.29) is 5.41 Å². The van der Waals surface area contributed by atoms with Crippen molar-refractivity contribution < 1.29 is 5.11 Å². The summed E-state index contributed by atoms with van der Waals surface area (Å²) in [6.45, 7) is 6.83. The van der Waals surface area contributed by atoms with Gasteiger partial charge in [-0.15, -0.1) is 0 Å². The highest BCUT2D eigenvalue weighted by Crippen LogP contribution is 2.36. The maximum absolute atomic E-state index is 9.14. The van der Waals surface area contributed by atoms with Crippen LogP contribution >= 0.6 is 0 Å². The molecule has 0 aliphatic carbocycles. The number of aryl methyl sites for hydroxylation is 2. The van der Waals surface area contributed by atoms with Gasteiger partial charge in [-0.25, -0.2) is 0 Å². The van der Waals surface area contributed by atoms with E-state index in [2.05, 4.69) is 37.4 Å². The first-order chi connectivity index (χ1) is 8.68. The smallest absolute Gasteiger partial charge is 0.0431 e. The molecule has 0 bridgehead atoms. The van der Waals surface area contributed by atoms with Crippen molar-refractivity contribution in [3.8, 4) is 0 Å². The van der Waals surface area contributed by atoms with Crippen molar-refractivity contribution in [1.29, 1.82) is 0 Å². The van der Waals surface area contributed by atoms with Gasteiger partial charge in [-0.1, -0.05) is 18.2 Å². The molecule has 0 radical (unpaired) electrons. The Morgan fingerprint density at radius 3 is 2.72 bits per heavy atom. The number of piperidine rings is 1. The van der Waals surface area contributed by atoms with Crippen LogP contribution in [0.3, 0.4) is 0 Å². The fourth-order valence-corrected chi connectivity index (χ4v) is 3.06. The molecule has 1 heterocycles. The third kappa shape index (κ3) is 2.76. The highest BCUT2D eigenvalue weighted by Gasteiger charge is 2.33. The van der Waals surface area contributed by atoms with E-state index in [9.17, 15) is 0 Å². The summed E-state index contributed by atoms with van der Waals surface area (Å²) in [5.74, 6) is 0. The molecular formula is C16H25NO. The Morgan fingerprint density at radius 1 is 1.28 bits per heavy atom. The molecule has 0 amide bonds. The maximum Gasteiger partial charge on any atom is 0.0431 e. The Kier molecular flexibility index (Phi) is 4.41. The second-order valence-corrected chi connectivity index (χ2v) is 5.69. The Hall–Kier alpha value is -0.860. The number of hydrogen-bond donors (Lipinski definition) is 2. The molecule has 0 aromatic heterocycles. The molecular weight excluding hydrogens is 222 g/mol. The van der Waals surface area contributed by atoms with Gasteiger partial charge < -0.3 is 10.4 Å². The maximum atomic E-state index is 9.14. The van der Waals surface area contributed by atoms with Crippen molar-refractivity contribution in [1.82, 2.24) is 5.32 Å². The fourth-order valence-electron chi connectivity index (χ4n) is 3.06. The van der Waals surface area contributed by atoms with Crippen LogP contribution in [0.2, 0.25) is 0 Å². The quantitative estimate of drug-likeness (QED) is 0.857. The Bertz CT molecular complexity index is 394. The largest absolute Gasteiger partial charge is 0.396 e. The van der Waals surface area contributed by atoms with Gasteiger partial charge in [0.05, 0.1) is 0 Å². The lowest BCUT2D eigenvalue weighted by Crippen LogP contribution is -2.43. The summed E-state index contributed by atoms with van der Waals surface area (Å²) in [6.07, 6.45) is 4.45. The lowest BCUT2D eigenvalue weighted by Gasteiger charge is -2.39. The second-order valence-electron chi connectivity index (χ2n) is 5.69. The van der Waals surface area contributed by atoms with Gasteiger partial charge in [-0.2, -0.15) is 0 Å². The van der Waals surface area contributed by atoms with E-state index in [0.29, 0.717) is 6.61 Å². The summed E-state index contributed by atoms with van der Waals surface area (Å²) < 4.78 is 0. The van der Waals surface area contributed by atoms with Crippen LogP contribution in [0.4, 0.5) is 0 Å². The molecule has 0 spiro atoms. The van der Waals surface area contributed by atoms with Crippen molar-refractivity contribution in [3.63, 3.8) is 0 Å². The van der Waals surface area contributed by atoms with Crippen LogP contribution in [0.15, 0.2) is 18.2 Å². The molecule has 2 rings (SSSR count). The van der Waals surface area contributed by atoms with E-state index in [1.54, 1.807) is 0 Å². The molecule has 0 saturated carbocycles. The molecule has 18 heavy (non-hydrogen) atoms. The molecule has 1 fully saturated rings. The highest BCUT2D eigenvalue weighted by atomic mass is 16.2. The number of nitrogens with one attached hydrogen (secondary N) is 1. The zero-order valence-corrected chi connectivity index (χ0v) is 11.6. The predicted octanol–water partition coefficient (Wildman–Crippen LogP) is 2.70. The summed E-state index contributed by atoms with van der Waals surface area (Å²) in [5, 5.41) is 12.7. The van der Waals surface area contributed by atoms with Crippen LogP contribution in [-0.4, -0.2) is 24.8 Å². The van der Waals surface area contributed by atoms with Gasteiger partial charge in [0.1, 0.15) is 0 Å². The molecule has 2 N–H and O–H groups in total. The van der Waals surface area contributed by atoms with Gasteiger partial charge in [0.25, 0.3) is 0 Å². The fraction of sp³-hybridized carbons (Fsp3) is 0.625. The molecule has 2 heteroatoms. The summed E-state index contributed by atoms with van der Waals surface area (Å²) in [7, 11) is 0. The lowest BCUT2D eigenvalue weighted by atomic mass is 9.71. The molecule has 1 aromatic rings. The first-order valence-electron chi connectivity index (χ1n) is 7.07. The number of rotatable bonds is 4. The van der Waals surface area contributed by atoms with Gasteiger partial charge in [-0.05, 0) is 62.8 Å².